The third-order valence-corrected chi connectivity index (χ3v) is 1.93. The summed E-state index contributed by atoms with van der Waals surface area (Å²) >= 11 is 0. The summed E-state index contributed by atoms with van der Waals surface area (Å²) in [5.74, 6) is 0.676. The smallest absolute Gasteiger partial charge is 0.143 e. The number of ether oxygens (including phenoxy) is 1. The molecule has 1 aromatic rings. The molecule has 0 radical (unpaired) electrons. The van der Waals surface area contributed by atoms with Gasteiger partial charge in [-0.2, -0.15) is 5.26 Å². The number of nitrogens with zero attached hydrogens (tertiary/aromatic N) is 1. The molecule has 0 amide bonds. The topological polar surface area (TPSA) is 45.0 Å². The van der Waals surface area contributed by atoms with Crippen LogP contribution in [0.25, 0.3) is 0 Å². The molecule has 1 aromatic carbocycles. The zero-order valence-electron chi connectivity index (χ0n) is 9.00. The van der Waals surface area contributed by atoms with Crippen molar-refractivity contribution in [2.24, 2.45) is 0 Å². The van der Waals surface area contributed by atoms with Gasteiger partial charge in [0.2, 0.25) is 0 Å². The maximum atomic E-state index is 8.94. The predicted molar refractivity (Wildman–Crippen MR) is 61.0 cm³/mol. The second kappa shape index (κ2) is 5.06. The van der Waals surface area contributed by atoms with Gasteiger partial charge in [-0.15, -0.1) is 0 Å². The summed E-state index contributed by atoms with van der Waals surface area (Å²) in [6.45, 7) is 6.35. The molecule has 0 heterocycles. The van der Waals surface area contributed by atoms with Crippen LogP contribution in [0.4, 0.5) is 5.69 Å². The van der Waals surface area contributed by atoms with Gasteiger partial charge >= 0.3 is 0 Å². The predicted octanol–water partition coefficient (Wildman–Crippen LogP) is 2.55. The second-order valence-corrected chi connectivity index (χ2v) is 3.31. The molecule has 0 bridgehead atoms. The van der Waals surface area contributed by atoms with Crippen molar-refractivity contribution in [3.05, 3.63) is 35.9 Å². The first-order valence-electron chi connectivity index (χ1n) is 4.64. The number of nitriles is 1. The number of methoxy groups -OCH3 is 1. The summed E-state index contributed by atoms with van der Waals surface area (Å²) in [6.07, 6.45) is 0. The zero-order chi connectivity index (χ0) is 11.3. The van der Waals surface area contributed by atoms with E-state index in [0.717, 1.165) is 11.3 Å². The first kappa shape index (κ1) is 11.1. The average Bonchev–Trinajstić information content (AvgIpc) is 2.25. The Morgan fingerprint density at radius 2 is 2.33 bits per heavy atom. The van der Waals surface area contributed by atoms with Crippen LogP contribution >= 0.6 is 0 Å². The van der Waals surface area contributed by atoms with Crippen LogP contribution in [0, 0.1) is 11.3 Å². The molecule has 0 aliphatic carbocycles. The summed E-state index contributed by atoms with van der Waals surface area (Å²) in [4.78, 5) is 0. The van der Waals surface area contributed by atoms with Gasteiger partial charge in [-0.1, -0.05) is 18.2 Å². The highest BCUT2D eigenvalue weighted by atomic mass is 16.5. The van der Waals surface area contributed by atoms with E-state index < -0.39 is 0 Å². The van der Waals surface area contributed by atoms with E-state index in [2.05, 4.69) is 18.0 Å². The van der Waals surface area contributed by atoms with E-state index in [0.29, 0.717) is 17.9 Å². The van der Waals surface area contributed by atoms with E-state index in [-0.39, 0.29) is 0 Å². The first-order valence-corrected chi connectivity index (χ1v) is 4.64. The molecule has 0 saturated carbocycles. The van der Waals surface area contributed by atoms with Crippen molar-refractivity contribution >= 4 is 5.69 Å². The maximum Gasteiger partial charge on any atom is 0.143 e. The minimum absolute atomic E-state index is 0.579. The summed E-state index contributed by atoms with van der Waals surface area (Å²) < 4.78 is 5.18. The van der Waals surface area contributed by atoms with Gasteiger partial charge in [0.1, 0.15) is 11.8 Å². The van der Waals surface area contributed by atoms with E-state index in [1.54, 1.807) is 19.2 Å². The van der Waals surface area contributed by atoms with E-state index >= 15 is 0 Å². The lowest BCUT2D eigenvalue weighted by Crippen LogP contribution is -2.05. The normalized spacial score (nSPS) is 9.13. The van der Waals surface area contributed by atoms with Gasteiger partial charge in [-0.25, -0.2) is 0 Å². The van der Waals surface area contributed by atoms with E-state index in [1.165, 1.54) is 0 Å². The summed E-state index contributed by atoms with van der Waals surface area (Å²) in [5, 5.41) is 12.1. The molecule has 78 valence electrons. The molecule has 1 rings (SSSR count). The molecule has 0 aromatic heterocycles. The number of benzene rings is 1. The number of hydrogen-bond acceptors (Lipinski definition) is 3. The number of rotatable bonds is 4. The molecule has 0 atom stereocenters. The standard InChI is InChI=1S/C12H14N2O/c1-9(2)8-14-12-10(7-13)5-4-6-11(12)15-3/h4-6,14H,1,8H2,2-3H3. The fraction of sp³-hybridized carbons (Fsp3) is 0.250. The first-order chi connectivity index (χ1) is 7.19. The molecule has 0 aliphatic heterocycles. The summed E-state index contributed by atoms with van der Waals surface area (Å²) in [7, 11) is 1.59. The molecule has 3 nitrogen and oxygen atoms in total. The molecule has 0 saturated heterocycles. The summed E-state index contributed by atoms with van der Waals surface area (Å²) in [6, 6.07) is 7.49. The molecule has 0 fully saturated rings. The van der Waals surface area contributed by atoms with Crippen LogP contribution < -0.4 is 10.1 Å². The fourth-order valence-corrected chi connectivity index (χ4v) is 1.22. The van der Waals surface area contributed by atoms with Crippen molar-refractivity contribution in [3.8, 4) is 11.8 Å². The molecule has 3 heteroatoms. The Kier molecular flexibility index (Phi) is 3.75. The maximum absolute atomic E-state index is 8.94. The van der Waals surface area contributed by atoms with Crippen LogP contribution in [-0.2, 0) is 0 Å². The molecule has 15 heavy (non-hydrogen) atoms. The minimum Gasteiger partial charge on any atom is -0.495 e. The zero-order valence-corrected chi connectivity index (χ0v) is 9.00. The van der Waals surface area contributed by atoms with Crippen LogP contribution in [0.5, 0.6) is 5.75 Å². The van der Waals surface area contributed by atoms with Crippen LogP contribution in [0.3, 0.4) is 0 Å². The van der Waals surface area contributed by atoms with Gasteiger partial charge in [0.25, 0.3) is 0 Å². The van der Waals surface area contributed by atoms with Crippen LogP contribution in [0.2, 0.25) is 0 Å². The van der Waals surface area contributed by atoms with Crippen molar-refractivity contribution in [1.29, 1.82) is 5.26 Å². The largest absolute Gasteiger partial charge is 0.495 e. The van der Waals surface area contributed by atoms with Gasteiger partial charge < -0.3 is 10.1 Å². The highest BCUT2D eigenvalue weighted by molar-refractivity contribution is 5.66. The van der Waals surface area contributed by atoms with Gasteiger partial charge in [0.15, 0.2) is 0 Å². The van der Waals surface area contributed by atoms with Crippen molar-refractivity contribution in [2.75, 3.05) is 19.0 Å². The summed E-state index contributed by atoms with van der Waals surface area (Å²) in [5.41, 5.74) is 2.31. The number of anilines is 1. The highest BCUT2D eigenvalue weighted by Gasteiger charge is 2.07. The van der Waals surface area contributed by atoms with Gasteiger partial charge in [-0.3, -0.25) is 0 Å². The molecule has 0 unspecified atom stereocenters. The van der Waals surface area contributed by atoms with Crippen molar-refractivity contribution in [3.63, 3.8) is 0 Å². The third kappa shape index (κ3) is 2.75. The molecule has 1 N–H and O–H groups in total. The van der Waals surface area contributed by atoms with E-state index in [4.69, 9.17) is 10.00 Å². The van der Waals surface area contributed by atoms with Crippen molar-refractivity contribution in [2.45, 2.75) is 6.92 Å². The Hall–Kier alpha value is -1.95. The second-order valence-electron chi connectivity index (χ2n) is 3.31. The molecule has 0 spiro atoms. The number of para-hydroxylation sites is 1. The quantitative estimate of drug-likeness (QED) is 0.763. The molecular weight excluding hydrogens is 188 g/mol. The van der Waals surface area contributed by atoms with Gasteiger partial charge in [0, 0.05) is 6.54 Å². The highest BCUT2D eigenvalue weighted by Crippen LogP contribution is 2.27. The Morgan fingerprint density at radius 1 is 1.60 bits per heavy atom. The van der Waals surface area contributed by atoms with E-state index in [1.807, 2.05) is 13.0 Å². The average molecular weight is 202 g/mol. The number of hydrogen-bond donors (Lipinski definition) is 1. The molecular formula is C12H14N2O. The van der Waals surface area contributed by atoms with Crippen LogP contribution in [-0.4, -0.2) is 13.7 Å². The Morgan fingerprint density at radius 3 is 2.87 bits per heavy atom. The van der Waals surface area contributed by atoms with Crippen LogP contribution in [0.1, 0.15) is 12.5 Å². The fourth-order valence-electron chi connectivity index (χ4n) is 1.22. The Bertz CT molecular complexity index is 405. The third-order valence-electron chi connectivity index (χ3n) is 1.93. The SMILES string of the molecule is C=C(C)CNc1c(C#N)cccc1OC. The monoisotopic (exact) mass is 202 g/mol. The Labute approximate surface area is 90.0 Å². The number of nitrogens with one attached hydrogen (secondary N) is 1. The minimum atomic E-state index is 0.579. The lowest BCUT2D eigenvalue weighted by atomic mass is 10.1. The van der Waals surface area contributed by atoms with E-state index in [9.17, 15) is 0 Å². The Balaban J connectivity index is 3.01. The van der Waals surface area contributed by atoms with Gasteiger partial charge in [-0.05, 0) is 19.1 Å². The van der Waals surface area contributed by atoms with Crippen molar-refractivity contribution in [1.82, 2.24) is 0 Å². The lowest BCUT2D eigenvalue weighted by Gasteiger charge is -2.12. The van der Waals surface area contributed by atoms with Gasteiger partial charge in [0.05, 0.1) is 18.4 Å². The van der Waals surface area contributed by atoms with Crippen molar-refractivity contribution < 1.29 is 4.74 Å². The molecule has 0 aliphatic rings. The van der Waals surface area contributed by atoms with Crippen LogP contribution in [0.15, 0.2) is 30.4 Å². The lowest BCUT2D eigenvalue weighted by molar-refractivity contribution is 0.416.